The highest BCUT2D eigenvalue weighted by Gasteiger charge is 2.14. The van der Waals surface area contributed by atoms with Crippen LogP contribution in [0.3, 0.4) is 0 Å². The molecule has 21 heavy (non-hydrogen) atoms. The molecular weight excluding hydrogens is 262 g/mol. The molecule has 108 valence electrons. The fourth-order valence-corrected chi connectivity index (χ4v) is 2.10. The Hall–Kier alpha value is -2.42. The predicted molar refractivity (Wildman–Crippen MR) is 84.5 cm³/mol. The van der Waals surface area contributed by atoms with Gasteiger partial charge >= 0.3 is 0 Å². The van der Waals surface area contributed by atoms with Crippen molar-refractivity contribution in [3.8, 4) is 5.88 Å². The molecule has 3 nitrogen and oxygen atoms in total. The Kier molecular flexibility index (Phi) is 4.53. The van der Waals surface area contributed by atoms with Gasteiger partial charge in [-0.15, -0.1) is 0 Å². The molecular formula is C18H19NO2. The number of nitrogens with zero attached hydrogens (tertiary/aromatic N) is 1. The molecule has 0 aliphatic rings. The second-order valence-corrected chi connectivity index (χ2v) is 5.08. The van der Waals surface area contributed by atoms with Crippen molar-refractivity contribution in [2.45, 2.75) is 27.4 Å². The number of carbonyl (C=O) groups is 1. The molecule has 0 radical (unpaired) electrons. The van der Waals surface area contributed by atoms with Crippen molar-refractivity contribution in [2.24, 2.45) is 0 Å². The SMILES string of the molecule is C=C(C)c1cc(C(C)=O)c(OCc2ccccc2)nc1C. The van der Waals surface area contributed by atoms with Gasteiger partial charge in [0.1, 0.15) is 6.61 Å². The minimum atomic E-state index is -0.0620. The van der Waals surface area contributed by atoms with Crippen molar-refractivity contribution in [1.82, 2.24) is 4.98 Å². The summed E-state index contributed by atoms with van der Waals surface area (Å²) in [6.45, 7) is 9.62. The first kappa shape index (κ1) is 15.0. The van der Waals surface area contributed by atoms with E-state index in [0.29, 0.717) is 18.1 Å². The average Bonchev–Trinajstić information content (AvgIpc) is 2.45. The number of ether oxygens (including phenoxy) is 1. The zero-order valence-corrected chi connectivity index (χ0v) is 12.6. The molecule has 2 aromatic rings. The van der Waals surface area contributed by atoms with Crippen LogP contribution in [-0.4, -0.2) is 10.8 Å². The minimum absolute atomic E-state index is 0.0620. The molecule has 0 amide bonds. The largest absolute Gasteiger partial charge is 0.472 e. The maximum Gasteiger partial charge on any atom is 0.224 e. The number of hydrogen-bond acceptors (Lipinski definition) is 3. The van der Waals surface area contributed by atoms with Gasteiger partial charge in [0, 0.05) is 5.69 Å². The lowest BCUT2D eigenvalue weighted by molar-refractivity contribution is 0.101. The van der Waals surface area contributed by atoms with Crippen LogP contribution >= 0.6 is 0 Å². The normalized spacial score (nSPS) is 10.2. The summed E-state index contributed by atoms with van der Waals surface area (Å²) in [5.74, 6) is 0.321. The zero-order valence-electron chi connectivity index (χ0n) is 12.6. The number of rotatable bonds is 5. The van der Waals surface area contributed by atoms with Crippen molar-refractivity contribution in [2.75, 3.05) is 0 Å². The monoisotopic (exact) mass is 281 g/mol. The second-order valence-electron chi connectivity index (χ2n) is 5.08. The molecule has 2 rings (SSSR count). The number of aromatic nitrogens is 1. The third-order valence-corrected chi connectivity index (χ3v) is 3.24. The third kappa shape index (κ3) is 3.57. The van der Waals surface area contributed by atoms with Gasteiger partial charge in [-0.1, -0.05) is 36.9 Å². The molecule has 1 aromatic heterocycles. The van der Waals surface area contributed by atoms with Crippen molar-refractivity contribution in [3.63, 3.8) is 0 Å². The van der Waals surface area contributed by atoms with Gasteiger partial charge in [-0.2, -0.15) is 0 Å². The van der Waals surface area contributed by atoms with Crippen LogP contribution in [0.25, 0.3) is 5.57 Å². The highest BCUT2D eigenvalue weighted by atomic mass is 16.5. The van der Waals surface area contributed by atoms with E-state index in [9.17, 15) is 4.79 Å². The number of allylic oxidation sites excluding steroid dienone is 1. The summed E-state index contributed by atoms with van der Waals surface area (Å²) in [6, 6.07) is 11.6. The molecule has 1 heterocycles. The summed E-state index contributed by atoms with van der Waals surface area (Å²) in [5.41, 5.74) is 4.13. The Morgan fingerprint density at radius 1 is 1.19 bits per heavy atom. The molecule has 1 aromatic carbocycles. The molecule has 0 saturated heterocycles. The van der Waals surface area contributed by atoms with Gasteiger partial charge < -0.3 is 4.74 Å². The maximum absolute atomic E-state index is 11.8. The number of aryl methyl sites for hydroxylation is 1. The van der Waals surface area contributed by atoms with Crippen LogP contribution in [0.15, 0.2) is 43.0 Å². The molecule has 0 fully saturated rings. The van der Waals surface area contributed by atoms with E-state index in [1.165, 1.54) is 6.92 Å². The summed E-state index contributed by atoms with van der Waals surface area (Å²) in [4.78, 5) is 16.2. The van der Waals surface area contributed by atoms with Gasteiger partial charge in [0.2, 0.25) is 5.88 Å². The fraction of sp³-hybridized carbons (Fsp3) is 0.222. The minimum Gasteiger partial charge on any atom is -0.472 e. The van der Waals surface area contributed by atoms with Gasteiger partial charge in [-0.05, 0) is 43.5 Å². The number of Topliss-reactive ketones (excluding diaryl/α,β-unsaturated/α-hetero) is 1. The van der Waals surface area contributed by atoms with Crippen LogP contribution in [-0.2, 0) is 6.61 Å². The Morgan fingerprint density at radius 2 is 1.86 bits per heavy atom. The van der Waals surface area contributed by atoms with E-state index < -0.39 is 0 Å². The van der Waals surface area contributed by atoms with Crippen molar-refractivity contribution in [1.29, 1.82) is 0 Å². The first-order valence-electron chi connectivity index (χ1n) is 6.84. The molecule has 0 saturated carbocycles. The van der Waals surface area contributed by atoms with E-state index >= 15 is 0 Å². The summed E-state index contributed by atoms with van der Waals surface area (Å²) >= 11 is 0. The lowest BCUT2D eigenvalue weighted by Gasteiger charge is -2.13. The van der Waals surface area contributed by atoms with Crippen LogP contribution in [0.4, 0.5) is 0 Å². The Morgan fingerprint density at radius 3 is 2.43 bits per heavy atom. The molecule has 3 heteroatoms. The molecule has 0 N–H and O–H groups in total. The standard InChI is InChI=1S/C18H19NO2/c1-12(2)16-10-17(14(4)20)18(19-13(16)3)21-11-15-8-6-5-7-9-15/h5-10H,1,11H2,2-4H3. The van der Waals surface area contributed by atoms with Crippen molar-refractivity contribution in [3.05, 3.63) is 65.4 Å². The number of benzene rings is 1. The summed E-state index contributed by atoms with van der Waals surface area (Å²) in [7, 11) is 0. The van der Waals surface area contributed by atoms with Crippen LogP contribution in [0.5, 0.6) is 5.88 Å². The van der Waals surface area contributed by atoms with Crippen LogP contribution in [0.1, 0.15) is 41.0 Å². The van der Waals surface area contributed by atoms with Gasteiger partial charge in [0.15, 0.2) is 5.78 Å². The number of carbonyl (C=O) groups excluding carboxylic acids is 1. The lowest BCUT2D eigenvalue weighted by atomic mass is 10.0. The Bertz CT molecular complexity index is 675. The molecule has 0 spiro atoms. The van der Waals surface area contributed by atoms with Gasteiger partial charge in [-0.3, -0.25) is 4.79 Å². The van der Waals surface area contributed by atoms with Crippen molar-refractivity contribution >= 4 is 11.4 Å². The van der Waals surface area contributed by atoms with E-state index in [-0.39, 0.29) is 5.78 Å². The van der Waals surface area contributed by atoms with Gasteiger partial charge in [0.25, 0.3) is 0 Å². The van der Waals surface area contributed by atoms with Crippen LogP contribution < -0.4 is 4.74 Å². The fourth-order valence-electron chi connectivity index (χ4n) is 2.10. The van der Waals surface area contributed by atoms with E-state index in [1.54, 1.807) is 0 Å². The highest BCUT2D eigenvalue weighted by molar-refractivity contribution is 5.97. The van der Waals surface area contributed by atoms with Crippen LogP contribution in [0, 0.1) is 6.92 Å². The topological polar surface area (TPSA) is 39.2 Å². The van der Waals surface area contributed by atoms with Gasteiger partial charge in [0.05, 0.1) is 5.56 Å². The Labute approximate surface area is 125 Å². The summed E-state index contributed by atoms with van der Waals surface area (Å²) in [5, 5.41) is 0. The summed E-state index contributed by atoms with van der Waals surface area (Å²) in [6.07, 6.45) is 0. The lowest BCUT2D eigenvalue weighted by Crippen LogP contribution is -2.06. The summed E-state index contributed by atoms with van der Waals surface area (Å²) < 4.78 is 5.74. The van der Waals surface area contributed by atoms with E-state index in [1.807, 2.05) is 50.2 Å². The first-order chi connectivity index (χ1) is 9.99. The maximum atomic E-state index is 11.8. The third-order valence-electron chi connectivity index (χ3n) is 3.24. The second kappa shape index (κ2) is 6.35. The molecule has 0 atom stereocenters. The smallest absolute Gasteiger partial charge is 0.224 e. The van der Waals surface area contributed by atoms with E-state index in [0.717, 1.165) is 22.4 Å². The molecule has 0 aliphatic heterocycles. The average molecular weight is 281 g/mol. The number of hydrogen-bond donors (Lipinski definition) is 0. The highest BCUT2D eigenvalue weighted by Crippen LogP contribution is 2.25. The molecule has 0 aliphatic carbocycles. The quantitative estimate of drug-likeness (QED) is 0.771. The Balaban J connectivity index is 2.32. The van der Waals surface area contributed by atoms with Crippen molar-refractivity contribution < 1.29 is 9.53 Å². The molecule has 0 bridgehead atoms. The van der Waals surface area contributed by atoms with Gasteiger partial charge in [-0.25, -0.2) is 4.98 Å². The predicted octanol–water partition coefficient (Wildman–Crippen LogP) is 4.20. The van der Waals surface area contributed by atoms with E-state index in [4.69, 9.17) is 4.74 Å². The van der Waals surface area contributed by atoms with E-state index in [2.05, 4.69) is 11.6 Å². The van der Waals surface area contributed by atoms with Crippen LogP contribution in [0.2, 0.25) is 0 Å². The number of pyridine rings is 1. The molecule has 0 unspecified atom stereocenters. The number of ketones is 1. The first-order valence-corrected chi connectivity index (χ1v) is 6.84. The zero-order chi connectivity index (χ0) is 15.4.